The predicted octanol–water partition coefficient (Wildman–Crippen LogP) is 5.61. The number of carbonyl (C=O) groups is 2. The Kier molecular flexibility index (Phi) is 10.0. The van der Waals surface area contributed by atoms with Crippen molar-refractivity contribution in [3.63, 3.8) is 0 Å². The maximum absolute atomic E-state index is 12.8. The van der Waals surface area contributed by atoms with Crippen molar-refractivity contribution in [1.29, 1.82) is 5.26 Å². The summed E-state index contributed by atoms with van der Waals surface area (Å²) in [6.07, 6.45) is 6.64. The number of hydrogen-bond donors (Lipinski definition) is 2. The molecule has 15 nitrogen and oxygen atoms in total. The number of alkyl carbamates (subject to hydrolysis) is 1. The molecule has 3 fully saturated rings. The summed E-state index contributed by atoms with van der Waals surface area (Å²) >= 11 is 0. The Morgan fingerprint density at radius 2 is 1.94 bits per heavy atom. The molecule has 2 saturated heterocycles. The molecule has 2 atom stereocenters. The van der Waals surface area contributed by atoms with E-state index in [-0.39, 0.29) is 31.8 Å². The molecule has 4 aliphatic rings. The molecule has 15 heteroatoms. The summed E-state index contributed by atoms with van der Waals surface area (Å²) in [5.41, 5.74) is 5.12. The van der Waals surface area contributed by atoms with Crippen LogP contribution in [-0.2, 0) is 22.4 Å². The molecule has 5 heterocycles. The molecular formula is C38H51N9O6. The number of anilines is 2. The molecule has 2 aromatic heterocycles. The van der Waals surface area contributed by atoms with E-state index < -0.39 is 29.4 Å². The van der Waals surface area contributed by atoms with E-state index in [1.165, 1.54) is 16.0 Å². The van der Waals surface area contributed by atoms with Crippen molar-refractivity contribution >= 4 is 34.6 Å². The first kappa shape index (κ1) is 36.5. The smallest absolute Gasteiger partial charge is 0.408 e. The van der Waals surface area contributed by atoms with Gasteiger partial charge in [0.25, 0.3) is 0 Å². The number of amides is 2. The van der Waals surface area contributed by atoms with Gasteiger partial charge in [-0.05, 0) is 96.8 Å². The van der Waals surface area contributed by atoms with Crippen LogP contribution >= 0.6 is 0 Å². The van der Waals surface area contributed by atoms with E-state index in [2.05, 4.69) is 41.1 Å². The van der Waals surface area contributed by atoms with E-state index in [0.717, 1.165) is 73.0 Å². The summed E-state index contributed by atoms with van der Waals surface area (Å²) in [5.74, 6) is 0.703. The molecule has 2 amide bonds. The lowest BCUT2D eigenvalue weighted by atomic mass is 9.77. The van der Waals surface area contributed by atoms with Gasteiger partial charge in [0, 0.05) is 43.7 Å². The van der Waals surface area contributed by atoms with Crippen LogP contribution in [0.25, 0.3) is 10.9 Å². The maximum Gasteiger partial charge on any atom is 0.408 e. The quantitative estimate of drug-likeness (QED) is 0.294. The zero-order valence-electron chi connectivity index (χ0n) is 31.5. The fraction of sp³-hybridized carbons (Fsp3) is 0.632. The molecule has 2 N–H and O–H groups in total. The van der Waals surface area contributed by atoms with Gasteiger partial charge in [-0.15, -0.1) is 0 Å². The number of ether oxygens (including phenoxy) is 3. The second-order valence-electron chi connectivity index (χ2n) is 15.9. The van der Waals surface area contributed by atoms with Crippen LogP contribution in [0.4, 0.5) is 21.1 Å². The minimum Gasteiger partial charge on any atom is -0.465 e. The lowest BCUT2D eigenvalue weighted by Crippen LogP contribution is -2.58. The number of fused-ring (bicyclic) bond motifs is 2. The molecule has 284 valence electrons. The second-order valence-corrected chi connectivity index (χ2v) is 15.9. The van der Waals surface area contributed by atoms with Gasteiger partial charge in [0.2, 0.25) is 0 Å². The van der Waals surface area contributed by atoms with E-state index in [1.807, 2.05) is 31.6 Å². The molecule has 1 saturated carbocycles. The molecule has 3 aliphatic heterocycles. The number of nitrogens with zero attached hydrogens (tertiary/aromatic N) is 8. The van der Waals surface area contributed by atoms with Gasteiger partial charge in [0.15, 0.2) is 6.23 Å². The predicted molar refractivity (Wildman–Crippen MR) is 197 cm³/mol. The Morgan fingerprint density at radius 3 is 2.62 bits per heavy atom. The largest absolute Gasteiger partial charge is 0.465 e. The van der Waals surface area contributed by atoms with Crippen molar-refractivity contribution in [1.82, 2.24) is 30.0 Å². The molecule has 2 unspecified atom stereocenters. The van der Waals surface area contributed by atoms with Gasteiger partial charge in [-0.2, -0.15) is 20.3 Å². The van der Waals surface area contributed by atoms with Gasteiger partial charge >= 0.3 is 18.2 Å². The van der Waals surface area contributed by atoms with E-state index in [1.54, 1.807) is 0 Å². The van der Waals surface area contributed by atoms with Crippen LogP contribution in [0.3, 0.4) is 0 Å². The zero-order chi connectivity index (χ0) is 37.5. The van der Waals surface area contributed by atoms with E-state index in [4.69, 9.17) is 29.3 Å². The summed E-state index contributed by atoms with van der Waals surface area (Å²) in [6.45, 7) is 12.9. The fourth-order valence-corrected chi connectivity index (χ4v) is 8.07. The highest BCUT2D eigenvalue weighted by molar-refractivity contribution is 5.95. The highest BCUT2D eigenvalue weighted by Gasteiger charge is 2.41. The first-order valence-corrected chi connectivity index (χ1v) is 18.8. The van der Waals surface area contributed by atoms with E-state index >= 15 is 0 Å². The van der Waals surface area contributed by atoms with Crippen LogP contribution in [0.1, 0.15) is 94.3 Å². The third kappa shape index (κ3) is 7.51. The average Bonchev–Trinajstić information content (AvgIpc) is 3.51. The monoisotopic (exact) mass is 729 g/mol. The number of benzene rings is 1. The molecule has 0 bridgehead atoms. The summed E-state index contributed by atoms with van der Waals surface area (Å²) < 4.78 is 20.1. The highest BCUT2D eigenvalue weighted by atomic mass is 16.6. The van der Waals surface area contributed by atoms with Gasteiger partial charge in [0.1, 0.15) is 18.0 Å². The van der Waals surface area contributed by atoms with Crippen molar-refractivity contribution in [3.8, 4) is 12.1 Å². The normalized spacial score (nSPS) is 21.4. The third-order valence-corrected chi connectivity index (χ3v) is 11.1. The number of piperazine rings is 1. The van der Waals surface area contributed by atoms with E-state index in [0.29, 0.717) is 38.4 Å². The van der Waals surface area contributed by atoms with Crippen LogP contribution in [-0.4, -0.2) is 98.5 Å². The average molecular weight is 730 g/mol. The van der Waals surface area contributed by atoms with Crippen LogP contribution in [0.2, 0.25) is 0 Å². The van der Waals surface area contributed by atoms with Crippen LogP contribution < -0.4 is 19.9 Å². The summed E-state index contributed by atoms with van der Waals surface area (Å²) in [5, 5.41) is 28.4. The summed E-state index contributed by atoms with van der Waals surface area (Å²) in [6, 6.07) is 4.07. The minimum absolute atomic E-state index is 0.0777. The molecule has 3 aromatic rings. The lowest BCUT2D eigenvalue weighted by molar-refractivity contribution is -0.0366. The summed E-state index contributed by atoms with van der Waals surface area (Å²) in [4.78, 5) is 40.6. The third-order valence-electron chi connectivity index (χ3n) is 11.1. The first-order chi connectivity index (χ1) is 25.3. The van der Waals surface area contributed by atoms with E-state index in [9.17, 15) is 20.0 Å². The molecule has 0 spiro atoms. The Bertz CT molecular complexity index is 1910. The Balaban J connectivity index is 1.22. The first-order valence-electron chi connectivity index (χ1n) is 18.8. The number of carbonyl (C=O) groups excluding carboxylic acids is 1. The minimum atomic E-state index is -1.03. The number of rotatable bonds is 8. The SMILES string of the molecule is Cc1cc2c(cnn2C2CCCCO2)c(N2CCc3c(nc(OCC4(NC(=O)OC(C)(C)C)CCC4)nc3N3CCN(C(=O)O)C(CC#N)C3)C2)c1C. The standard InChI is InChI=1S/C38H51N9O6/c1-24-19-30-28(20-40-47(30)31-9-6-7-18-51-31)32(25(24)2)44-15-11-27-29(22-44)41-34(52-23-38(12-8-13-38)43-35(48)53-37(3,4)5)42-33(27)45-16-17-46(36(49)50)26(21-45)10-14-39/h19-20,26,31H,6-13,15-18,21-23H2,1-5H3,(H,43,48)(H,49,50). The number of aryl methyl sites for hydroxylation is 1. The van der Waals surface area contributed by atoms with Gasteiger partial charge in [-0.25, -0.2) is 14.3 Å². The Hall–Kier alpha value is -4.84. The van der Waals surface area contributed by atoms with Gasteiger partial charge < -0.3 is 39.3 Å². The molecule has 0 radical (unpaired) electrons. The number of nitriles is 1. The van der Waals surface area contributed by atoms with Crippen LogP contribution in [0.5, 0.6) is 6.01 Å². The Morgan fingerprint density at radius 1 is 1.13 bits per heavy atom. The van der Waals surface area contributed by atoms with Crippen molar-refractivity contribution in [2.45, 2.75) is 116 Å². The van der Waals surface area contributed by atoms with Crippen LogP contribution in [0.15, 0.2) is 12.3 Å². The molecule has 7 rings (SSSR count). The van der Waals surface area contributed by atoms with Crippen LogP contribution in [0, 0.1) is 25.2 Å². The van der Waals surface area contributed by atoms with Crippen molar-refractivity contribution in [2.75, 3.05) is 49.2 Å². The second kappa shape index (κ2) is 14.5. The van der Waals surface area contributed by atoms with Crippen molar-refractivity contribution < 1.29 is 28.9 Å². The number of carboxylic acid groups (broad SMARTS) is 1. The fourth-order valence-electron chi connectivity index (χ4n) is 8.07. The number of nitrogens with one attached hydrogen (secondary N) is 1. The number of aromatic nitrogens is 4. The van der Waals surface area contributed by atoms with Gasteiger partial charge in [-0.1, -0.05) is 0 Å². The Labute approximate surface area is 310 Å². The molecule has 1 aromatic carbocycles. The maximum atomic E-state index is 12.8. The molecule has 53 heavy (non-hydrogen) atoms. The lowest BCUT2D eigenvalue weighted by Gasteiger charge is -2.42. The van der Waals surface area contributed by atoms with Gasteiger partial charge in [-0.3, -0.25) is 0 Å². The topological polar surface area (TPSA) is 171 Å². The summed E-state index contributed by atoms with van der Waals surface area (Å²) in [7, 11) is 0. The zero-order valence-corrected chi connectivity index (χ0v) is 31.5. The molecule has 1 aliphatic carbocycles. The molecular weight excluding hydrogens is 678 g/mol. The van der Waals surface area contributed by atoms with Crippen molar-refractivity contribution in [2.24, 2.45) is 0 Å². The van der Waals surface area contributed by atoms with Crippen molar-refractivity contribution in [3.05, 3.63) is 34.6 Å². The van der Waals surface area contributed by atoms with Gasteiger partial charge in [0.05, 0.1) is 53.7 Å². The number of hydrogen-bond acceptors (Lipinski definition) is 11. The highest BCUT2D eigenvalue weighted by Crippen LogP contribution is 2.40.